The molecule has 0 heterocycles. The van der Waals surface area contributed by atoms with Gasteiger partial charge in [-0.1, -0.05) is 25.5 Å². The first-order valence-corrected chi connectivity index (χ1v) is 6.03. The lowest BCUT2D eigenvalue weighted by Gasteiger charge is -2.15. The molecule has 1 unspecified atom stereocenters. The number of hydrogen-bond donors (Lipinski definition) is 0. The number of rotatable bonds is 6. The summed E-state index contributed by atoms with van der Waals surface area (Å²) in [6.45, 7) is 4.31. The van der Waals surface area contributed by atoms with Gasteiger partial charge in [0.2, 0.25) is 0 Å². The molecule has 94 valence electrons. The van der Waals surface area contributed by atoms with Gasteiger partial charge in [0, 0.05) is 0 Å². The van der Waals surface area contributed by atoms with Crippen LogP contribution in [0.5, 0.6) is 5.75 Å². The van der Waals surface area contributed by atoms with Gasteiger partial charge in [-0.05, 0) is 31.0 Å². The highest BCUT2D eigenvalue weighted by atomic mass is 16.5. The lowest BCUT2D eigenvalue weighted by atomic mass is 9.94. The molecule has 0 aromatic heterocycles. The third-order valence-corrected chi connectivity index (χ3v) is 2.64. The summed E-state index contributed by atoms with van der Waals surface area (Å²) in [4.78, 5) is 11.9. The van der Waals surface area contributed by atoms with Gasteiger partial charge in [-0.15, -0.1) is 0 Å². The predicted octanol–water partition coefficient (Wildman–Crippen LogP) is 3.14. The van der Waals surface area contributed by atoms with E-state index in [1.165, 1.54) is 0 Å². The van der Waals surface area contributed by atoms with Gasteiger partial charge in [0.1, 0.15) is 5.75 Å². The lowest BCUT2D eigenvalue weighted by molar-refractivity contribution is -0.145. The van der Waals surface area contributed by atoms with Crippen LogP contribution in [0.3, 0.4) is 0 Å². The van der Waals surface area contributed by atoms with Crippen LogP contribution >= 0.6 is 0 Å². The molecule has 0 aliphatic carbocycles. The van der Waals surface area contributed by atoms with Crippen molar-refractivity contribution in [3.8, 4) is 5.75 Å². The van der Waals surface area contributed by atoms with E-state index < -0.39 is 0 Å². The van der Waals surface area contributed by atoms with Gasteiger partial charge in [0.25, 0.3) is 0 Å². The van der Waals surface area contributed by atoms with E-state index in [9.17, 15) is 4.79 Å². The summed E-state index contributed by atoms with van der Waals surface area (Å²) in [5, 5.41) is 0. The van der Waals surface area contributed by atoms with Gasteiger partial charge in [0.05, 0.1) is 19.6 Å². The SMILES string of the molecule is CCCC(C(=O)OCC)c1cccc(OC)c1. The fourth-order valence-corrected chi connectivity index (χ4v) is 1.81. The Morgan fingerprint density at radius 2 is 2.12 bits per heavy atom. The standard InChI is InChI=1S/C14H20O3/c1-4-7-13(14(15)17-5-2)11-8-6-9-12(10-11)16-3/h6,8-10,13H,4-5,7H2,1-3H3. The average molecular weight is 236 g/mol. The van der Waals surface area contributed by atoms with E-state index in [1.54, 1.807) is 7.11 Å². The molecule has 0 aliphatic heterocycles. The molecule has 3 nitrogen and oxygen atoms in total. The summed E-state index contributed by atoms with van der Waals surface area (Å²) < 4.78 is 10.3. The molecule has 1 atom stereocenters. The Hall–Kier alpha value is -1.51. The van der Waals surface area contributed by atoms with Crippen molar-refractivity contribution in [2.75, 3.05) is 13.7 Å². The molecule has 0 fully saturated rings. The van der Waals surface area contributed by atoms with Crippen molar-refractivity contribution in [2.24, 2.45) is 0 Å². The second-order valence-electron chi connectivity index (χ2n) is 3.87. The maximum Gasteiger partial charge on any atom is 0.313 e. The smallest absolute Gasteiger partial charge is 0.313 e. The zero-order valence-electron chi connectivity index (χ0n) is 10.7. The zero-order chi connectivity index (χ0) is 12.7. The highest BCUT2D eigenvalue weighted by Crippen LogP contribution is 2.26. The van der Waals surface area contributed by atoms with Crippen molar-refractivity contribution in [1.82, 2.24) is 0 Å². The summed E-state index contributed by atoms with van der Waals surface area (Å²) >= 11 is 0. The van der Waals surface area contributed by atoms with Crippen molar-refractivity contribution in [3.63, 3.8) is 0 Å². The largest absolute Gasteiger partial charge is 0.497 e. The highest BCUT2D eigenvalue weighted by Gasteiger charge is 2.21. The Bertz CT molecular complexity index is 360. The number of hydrogen-bond acceptors (Lipinski definition) is 3. The monoisotopic (exact) mass is 236 g/mol. The number of carbonyl (C=O) groups is 1. The van der Waals surface area contributed by atoms with E-state index in [4.69, 9.17) is 9.47 Å². The second-order valence-corrected chi connectivity index (χ2v) is 3.87. The third-order valence-electron chi connectivity index (χ3n) is 2.64. The Morgan fingerprint density at radius 3 is 2.71 bits per heavy atom. The summed E-state index contributed by atoms with van der Waals surface area (Å²) in [5.41, 5.74) is 0.963. The molecule has 17 heavy (non-hydrogen) atoms. The Kier molecular flexibility index (Phi) is 5.53. The summed E-state index contributed by atoms with van der Waals surface area (Å²) in [7, 11) is 1.62. The quantitative estimate of drug-likeness (QED) is 0.712. The number of carbonyl (C=O) groups excluding carboxylic acids is 1. The topological polar surface area (TPSA) is 35.5 Å². The Labute approximate surface area is 103 Å². The minimum absolute atomic E-state index is 0.150. The van der Waals surface area contributed by atoms with Crippen LogP contribution in [0.4, 0.5) is 0 Å². The molecule has 0 radical (unpaired) electrons. The summed E-state index contributed by atoms with van der Waals surface area (Å²) in [6.07, 6.45) is 1.74. The molecule has 0 aliphatic rings. The van der Waals surface area contributed by atoms with Crippen LogP contribution in [0.15, 0.2) is 24.3 Å². The molecular formula is C14H20O3. The maximum atomic E-state index is 11.9. The van der Waals surface area contributed by atoms with Gasteiger partial charge in [-0.2, -0.15) is 0 Å². The van der Waals surface area contributed by atoms with E-state index in [1.807, 2.05) is 31.2 Å². The molecular weight excluding hydrogens is 216 g/mol. The highest BCUT2D eigenvalue weighted by molar-refractivity contribution is 5.78. The zero-order valence-corrected chi connectivity index (χ0v) is 10.7. The molecule has 0 spiro atoms. The van der Waals surface area contributed by atoms with Crippen LogP contribution in [0.25, 0.3) is 0 Å². The molecule has 0 bridgehead atoms. The van der Waals surface area contributed by atoms with Crippen LogP contribution in [0.1, 0.15) is 38.2 Å². The van der Waals surface area contributed by atoms with E-state index in [0.717, 1.165) is 24.2 Å². The molecule has 1 rings (SSSR count). The van der Waals surface area contributed by atoms with Gasteiger partial charge < -0.3 is 9.47 Å². The Balaban J connectivity index is 2.91. The van der Waals surface area contributed by atoms with Crippen LogP contribution in [0.2, 0.25) is 0 Å². The predicted molar refractivity (Wildman–Crippen MR) is 67.3 cm³/mol. The third kappa shape index (κ3) is 3.77. The van der Waals surface area contributed by atoms with Crippen LogP contribution in [-0.2, 0) is 9.53 Å². The normalized spacial score (nSPS) is 11.9. The fourth-order valence-electron chi connectivity index (χ4n) is 1.81. The van der Waals surface area contributed by atoms with E-state index in [-0.39, 0.29) is 11.9 Å². The maximum absolute atomic E-state index is 11.9. The molecule has 1 aromatic carbocycles. The first-order chi connectivity index (χ1) is 8.22. The lowest BCUT2D eigenvalue weighted by Crippen LogP contribution is -2.16. The fraction of sp³-hybridized carbons (Fsp3) is 0.500. The number of benzene rings is 1. The van der Waals surface area contributed by atoms with Gasteiger partial charge in [-0.25, -0.2) is 0 Å². The number of esters is 1. The first-order valence-electron chi connectivity index (χ1n) is 6.03. The van der Waals surface area contributed by atoms with Crippen molar-refractivity contribution < 1.29 is 14.3 Å². The molecule has 3 heteroatoms. The summed E-state index contributed by atoms with van der Waals surface area (Å²) in [5.74, 6) is 0.436. The first kappa shape index (κ1) is 13.6. The Morgan fingerprint density at radius 1 is 1.35 bits per heavy atom. The minimum Gasteiger partial charge on any atom is -0.497 e. The van der Waals surface area contributed by atoms with Crippen molar-refractivity contribution in [1.29, 1.82) is 0 Å². The molecule has 0 amide bonds. The van der Waals surface area contributed by atoms with Crippen LogP contribution < -0.4 is 4.74 Å². The van der Waals surface area contributed by atoms with E-state index in [0.29, 0.717) is 6.61 Å². The molecule has 0 saturated heterocycles. The number of methoxy groups -OCH3 is 1. The van der Waals surface area contributed by atoms with E-state index >= 15 is 0 Å². The van der Waals surface area contributed by atoms with Gasteiger partial charge >= 0.3 is 5.97 Å². The van der Waals surface area contributed by atoms with Gasteiger partial charge in [-0.3, -0.25) is 4.79 Å². The molecule has 0 N–H and O–H groups in total. The number of ether oxygens (including phenoxy) is 2. The minimum atomic E-state index is -0.185. The van der Waals surface area contributed by atoms with Crippen molar-refractivity contribution in [2.45, 2.75) is 32.6 Å². The second kappa shape index (κ2) is 6.94. The van der Waals surface area contributed by atoms with Crippen molar-refractivity contribution >= 4 is 5.97 Å². The molecule has 1 aromatic rings. The average Bonchev–Trinajstić information content (AvgIpc) is 2.36. The van der Waals surface area contributed by atoms with Crippen LogP contribution in [0, 0.1) is 0 Å². The van der Waals surface area contributed by atoms with E-state index in [2.05, 4.69) is 6.92 Å². The van der Waals surface area contributed by atoms with Crippen LogP contribution in [-0.4, -0.2) is 19.7 Å². The van der Waals surface area contributed by atoms with Crippen molar-refractivity contribution in [3.05, 3.63) is 29.8 Å². The molecule has 0 saturated carbocycles. The summed E-state index contributed by atoms with van der Waals surface area (Å²) in [6, 6.07) is 7.62. The van der Waals surface area contributed by atoms with Gasteiger partial charge in [0.15, 0.2) is 0 Å².